The van der Waals surface area contributed by atoms with E-state index in [0.29, 0.717) is 0 Å². The summed E-state index contributed by atoms with van der Waals surface area (Å²) in [5.74, 6) is 0. The predicted octanol–water partition coefficient (Wildman–Crippen LogP) is 5.41. The Morgan fingerprint density at radius 1 is 0.688 bits per heavy atom. The summed E-state index contributed by atoms with van der Waals surface area (Å²) >= 11 is 0. The molecule has 0 bridgehead atoms. The highest BCUT2D eigenvalue weighted by Crippen LogP contribution is 2.06. The lowest BCUT2D eigenvalue weighted by Crippen LogP contribution is -1.76. The van der Waals surface area contributed by atoms with Crippen molar-refractivity contribution >= 4 is 0 Å². The fourth-order valence-corrected chi connectivity index (χ4v) is 1.69. The van der Waals surface area contributed by atoms with Crippen LogP contribution < -0.4 is 0 Å². The Morgan fingerprint density at radius 2 is 1.19 bits per heavy atom. The molecule has 1 radical (unpaired) electrons. The first-order valence-electron chi connectivity index (χ1n) is 6.83. The standard InChI is InChI=1S/C15H27O/c1-2-3-4-5-6-7-8-9-10-11-12-13-14-15-16/h7-8,14-15H,2-6,9-13H2,1H3. The van der Waals surface area contributed by atoms with E-state index in [4.69, 9.17) is 0 Å². The molecule has 0 saturated heterocycles. The lowest BCUT2D eigenvalue weighted by Gasteiger charge is -1.96. The SMILES string of the molecule is CCCCCCC=CCCCCCC=C[O]. The topological polar surface area (TPSA) is 19.9 Å². The van der Waals surface area contributed by atoms with Crippen molar-refractivity contribution in [2.45, 2.75) is 71.1 Å². The van der Waals surface area contributed by atoms with Crippen LogP contribution in [0.5, 0.6) is 0 Å². The minimum atomic E-state index is 0.899. The van der Waals surface area contributed by atoms with Gasteiger partial charge in [-0.25, -0.2) is 0 Å². The van der Waals surface area contributed by atoms with Gasteiger partial charge in [-0.3, -0.25) is 5.11 Å². The molecule has 0 aliphatic rings. The molecule has 0 spiro atoms. The Balaban J connectivity index is 3.03. The van der Waals surface area contributed by atoms with Crippen LogP contribution in [0.4, 0.5) is 0 Å². The molecular weight excluding hydrogens is 196 g/mol. The molecule has 0 N–H and O–H groups in total. The van der Waals surface area contributed by atoms with Crippen LogP contribution >= 0.6 is 0 Å². The molecule has 16 heavy (non-hydrogen) atoms. The van der Waals surface area contributed by atoms with Crippen LogP contribution in [-0.4, -0.2) is 0 Å². The summed E-state index contributed by atoms with van der Waals surface area (Å²) in [5, 5.41) is 10.0. The molecule has 0 atom stereocenters. The van der Waals surface area contributed by atoms with Crippen molar-refractivity contribution in [3.63, 3.8) is 0 Å². The van der Waals surface area contributed by atoms with Crippen molar-refractivity contribution < 1.29 is 5.11 Å². The second-order valence-corrected chi connectivity index (χ2v) is 4.33. The molecule has 0 fully saturated rings. The second-order valence-electron chi connectivity index (χ2n) is 4.33. The molecule has 0 amide bonds. The van der Waals surface area contributed by atoms with Gasteiger partial charge in [0, 0.05) is 0 Å². The average Bonchev–Trinajstić information content (AvgIpc) is 2.31. The van der Waals surface area contributed by atoms with Gasteiger partial charge in [-0.1, -0.05) is 44.8 Å². The highest BCUT2D eigenvalue weighted by Gasteiger charge is 1.87. The lowest BCUT2D eigenvalue weighted by atomic mass is 10.1. The Labute approximate surface area is 101 Å². The van der Waals surface area contributed by atoms with Gasteiger partial charge in [-0.15, -0.1) is 0 Å². The van der Waals surface area contributed by atoms with Crippen molar-refractivity contribution in [3.8, 4) is 0 Å². The minimum Gasteiger partial charge on any atom is -0.299 e. The zero-order valence-electron chi connectivity index (χ0n) is 10.8. The first kappa shape index (κ1) is 15.3. The lowest BCUT2D eigenvalue weighted by molar-refractivity contribution is 0.349. The fourth-order valence-electron chi connectivity index (χ4n) is 1.69. The molecular formula is C15H27O. The van der Waals surface area contributed by atoms with E-state index in [9.17, 15) is 5.11 Å². The molecule has 0 aromatic rings. The summed E-state index contributed by atoms with van der Waals surface area (Å²) in [6.07, 6.45) is 19.7. The van der Waals surface area contributed by atoms with E-state index in [0.717, 1.165) is 19.1 Å². The molecule has 1 nitrogen and oxygen atoms in total. The summed E-state index contributed by atoms with van der Waals surface area (Å²) in [5.41, 5.74) is 0. The molecule has 0 aliphatic heterocycles. The fraction of sp³-hybridized carbons (Fsp3) is 0.733. The molecule has 0 aromatic heterocycles. The molecule has 0 saturated carbocycles. The zero-order chi connectivity index (χ0) is 11.9. The van der Waals surface area contributed by atoms with E-state index in [1.165, 1.54) is 51.4 Å². The van der Waals surface area contributed by atoms with Crippen molar-refractivity contribution in [1.82, 2.24) is 0 Å². The third-order valence-electron chi connectivity index (χ3n) is 2.73. The number of unbranched alkanes of at least 4 members (excludes halogenated alkanes) is 8. The summed E-state index contributed by atoms with van der Waals surface area (Å²) in [6.45, 7) is 2.25. The smallest absolute Gasteiger partial charge is 0.138 e. The van der Waals surface area contributed by atoms with E-state index in [2.05, 4.69) is 19.1 Å². The van der Waals surface area contributed by atoms with Gasteiger partial charge in [0.15, 0.2) is 0 Å². The first-order chi connectivity index (χ1) is 7.91. The monoisotopic (exact) mass is 223 g/mol. The highest BCUT2D eigenvalue weighted by atomic mass is 16.2. The quantitative estimate of drug-likeness (QED) is 0.254. The maximum atomic E-state index is 10.0. The van der Waals surface area contributed by atoms with Gasteiger partial charge in [0.05, 0.1) is 0 Å². The average molecular weight is 223 g/mol. The van der Waals surface area contributed by atoms with Crippen LogP contribution in [0, 0.1) is 0 Å². The van der Waals surface area contributed by atoms with Gasteiger partial charge < -0.3 is 0 Å². The number of hydrogen-bond acceptors (Lipinski definition) is 0. The number of allylic oxidation sites excluding steroid dienone is 3. The van der Waals surface area contributed by atoms with E-state index < -0.39 is 0 Å². The molecule has 93 valence electrons. The van der Waals surface area contributed by atoms with Gasteiger partial charge in [0.2, 0.25) is 0 Å². The second kappa shape index (κ2) is 14.3. The van der Waals surface area contributed by atoms with Crippen LogP contribution in [0.2, 0.25) is 0 Å². The maximum Gasteiger partial charge on any atom is 0.138 e. The van der Waals surface area contributed by atoms with Gasteiger partial charge in [0.1, 0.15) is 6.26 Å². The Kier molecular flexibility index (Phi) is 13.6. The van der Waals surface area contributed by atoms with Crippen LogP contribution in [0.25, 0.3) is 0 Å². The normalized spacial score (nSPS) is 11.8. The third kappa shape index (κ3) is 13.3. The summed E-state index contributed by atoms with van der Waals surface area (Å²) in [6, 6.07) is 0. The third-order valence-corrected chi connectivity index (χ3v) is 2.73. The molecule has 0 rings (SSSR count). The Bertz CT molecular complexity index is 170. The van der Waals surface area contributed by atoms with Crippen molar-refractivity contribution in [2.24, 2.45) is 0 Å². The Hall–Kier alpha value is -0.720. The van der Waals surface area contributed by atoms with E-state index >= 15 is 0 Å². The van der Waals surface area contributed by atoms with E-state index in [1.54, 1.807) is 6.08 Å². The van der Waals surface area contributed by atoms with E-state index in [-0.39, 0.29) is 0 Å². The zero-order valence-corrected chi connectivity index (χ0v) is 10.8. The summed E-state index contributed by atoms with van der Waals surface area (Å²) < 4.78 is 0. The van der Waals surface area contributed by atoms with Gasteiger partial charge >= 0.3 is 0 Å². The Morgan fingerprint density at radius 3 is 1.69 bits per heavy atom. The highest BCUT2D eigenvalue weighted by molar-refractivity contribution is 4.81. The van der Waals surface area contributed by atoms with Crippen LogP contribution in [0.15, 0.2) is 24.5 Å². The molecule has 0 heterocycles. The van der Waals surface area contributed by atoms with Crippen LogP contribution in [0.1, 0.15) is 71.1 Å². The first-order valence-corrected chi connectivity index (χ1v) is 6.83. The minimum absolute atomic E-state index is 0.899. The predicted molar refractivity (Wildman–Crippen MR) is 70.8 cm³/mol. The number of rotatable bonds is 11. The molecule has 1 heteroatoms. The van der Waals surface area contributed by atoms with Gasteiger partial charge in [0.25, 0.3) is 0 Å². The summed E-state index contributed by atoms with van der Waals surface area (Å²) in [4.78, 5) is 0. The van der Waals surface area contributed by atoms with Gasteiger partial charge in [-0.2, -0.15) is 0 Å². The molecule has 0 unspecified atom stereocenters. The van der Waals surface area contributed by atoms with Crippen molar-refractivity contribution in [2.75, 3.05) is 0 Å². The van der Waals surface area contributed by atoms with Crippen LogP contribution in [0.3, 0.4) is 0 Å². The summed E-state index contributed by atoms with van der Waals surface area (Å²) in [7, 11) is 0. The van der Waals surface area contributed by atoms with Crippen molar-refractivity contribution in [3.05, 3.63) is 24.5 Å². The largest absolute Gasteiger partial charge is 0.299 e. The van der Waals surface area contributed by atoms with Crippen LogP contribution in [-0.2, 0) is 5.11 Å². The maximum absolute atomic E-state index is 10.0. The van der Waals surface area contributed by atoms with E-state index in [1.807, 2.05) is 0 Å². The van der Waals surface area contributed by atoms with Crippen molar-refractivity contribution in [1.29, 1.82) is 0 Å². The molecule has 0 aromatic carbocycles. The number of hydrogen-bond donors (Lipinski definition) is 0. The van der Waals surface area contributed by atoms with Gasteiger partial charge in [-0.05, 0) is 44.6 Å². The molecule has 0 aliphatic carbocycles.